The molecular formula is C14H22N2. The molecule has 0 spiro atoms. The largest absolute Gasteiger partial charge is 0.320 e. The van der Waals surface area contributed by atoms with Crippen molar-refractivity contribution < 1.29 is 0 Å². The van der Waals surface area contributed by atoms with Crippen LogP contribution in [0, 0.1) is 0 Å². The van der Waals surface area contributed by atoms with Gasteiger partial charge < -0.3 is 5.32 Å². The Kier molecular flexibility index (Phi) is 4.37. The highest BCUT2D eigenvalue weighted by Gasteiger charge is 2.23. The van der Waals surface area contributed by atoms with Gasteiger partial charge in [-0.15, -0.1) is 0 Å². The summed E-state index contributed by atoms with van der Waals surface area (Å²) in [6, 6.07) is 11.6. The maximum atomic E-state index is 3.25. The lowest BCUT2D eigenvalue weighted by atomic mass is 10.1. The lowest BCUT2D eigenvalue weighted by Crippen LogP contribution is -2.31. The highest BCUT2D eigenvalue weighted by molar-refractivity contribution is 5.14. The van der Waals surface area contributed by atoms with E-state index >= 15 is 0 Å². The Balaban J connectivity index is 1.88. The van der Waals surface area contributed by atoms with E-state index < -0.39 is 0 Å². The highest BCUT2D eigenvalue weighted by atomic mass is 15.2. The van der Waals surface area contributed by atoms with Gasteiger partial charge in [0.1, 0.15) is 0 Å². The van der Waals surface area contributed by atoms with Crippen LogP contribution in [0.3, 0.4) is 0 Å². The molecule has 1 aromatic carbocycles. The van der Waals surface area contributed by atoms with Gasteiger partial charge in [-0.05, 0) is 45.0 Å². The van der Waals surface area contributed by atoms with E-state index in [1.165, 1.54) is 31.4 Å². The third-order valence-electron chi connectivity index (χ3n) is 3.46. The molecule has 0 radical (unpaired) electrons. The van der Waals surface area contributed by atoms with Gasteiger partial charge in [0.15, 0.2) is 0 Å². The molecule has 1 N–H and O–H groups in total. The fourth-order valence-electron chi connectivity index (χ4n) is 2.56. The normalized spacial score (nSPS) is 21.4. The molecular weight excluding hydrogens is 196 g/mol. The van der Waals surface area contributed by atoms with Gasteiger partial charge in [-0.3, -0.25) is 4.90 Å². The lowest BCUT2D eigenvalue weighted by molar-refractivity contribution is 0.234. The number of likely N-dealkylation sites (tertiary alicyclic amines) is 1. The highest BCUT2D eigenvalue weighted by Crippen LogP contribution is 2.21. The molecule has 0 amide bonds. The molecule has 0 bridgehead atoms. The fraction of sp³-hybridized carbons (Fsp3) is 0.571. The van der Waals surface area contributed by atoms with Gasteiger partial charge in [-0.1, -0.05) is 30.3 Å². The van der Waals surface area contributed by atoms with Crippen LogP contribution in [0.2, 0.25) is 0 Å². The second-order valence-corrected chi connectivity index (χ2v) is 4.64. The number of hydrogen-bond donors (Lipinski definition) is 1. The van der Waals surface area contributed by atoms with Crippen molar-refractivity contribution in [2.24, 2.45) is 0 Å². The summed E-state index contributed by atoms with van der Waals surface area (Å²) in [7, 11) is 2.04. The van der Waals surface area contributed by atoms with E-state index in [9.17, 15) is 0 Å². The third-order valence-corrected chi connectivity index (χ3v) is 3.46. The Bertz CT molecular complexity index is 297. The fourth-order valence-corrected chi connectivity index (χ4v) is 2.56. The number of nitrogens with one attached hydrogen (secondary N) is 1. The maximum Gasteiger partial charge on any atom is 0.0236 e. The van der Waals surface area contributed by atoms with Crippen LogP contribution >= 0.6 is 0 Å². The first-order valence-electron chi connectivity index (χ1n) is 6.32. The summed E-state index contributed by atoms with van der Waals surface area (Å²) in [5, 5.41) is 3.25. The first kappa shape index (κ1) is 11.6. The second-order valence-electron chi connectivity index (χ2n) is 4.64. The van der Waals surface area contributed by atoms with Crippen LogP contribution in [0.25, 0.3) is 0 Å². The van der Waals surface area contributed by atoms with Crippen LogP contribution in [0.1, 0.15) is 24.8 Å². The SMILES string of the molecule is CNCC[C@@H]1CCCN1Cc1ccccc1. The first-order valence-corrected chi connectivity index (χ1v) is 6.32. The Labute approximate surface area is 98.7 Å². The zero-order valence-corrected chi connectivity index (χ0v) is 10.2. The van der Waals surface area contributed by atoms with Gasteiger partial charge in [0.2, 0.25) is 0 Å². The Morgan fingerprint density at radius 2 is 2.12 bits per heavy atom. The van der Waals surface area contributed by atoms with Crippen molar-refractivity contribution in [3.05, 3.63) is 35.9 Å². The minimum absolute atomic E-state index is 0.785. The lowest BCUT2D eigenvalue weighted by Gasteiger charge is -2.24. The summed E-state index contributed by atoms with van der Waals surface area (Å²) in [6.45, 7) is 3.52. The van der Waals surface area contributed by atoms with Crippen molar-refractivity contribution >= 4 is 0 Å². The monoisotopic (exact) mass is 218 g/mol. The summed E-state index contributed by atoms with van der Waals surface area (Å²) >= 11 is 0. The Morgan fingerprint density at radius 1 is 1.31 bits per heavy atom. The zero-order valence-electron chi connectivity index (χ0n) is 10.2. The molecule has 0 aliphatic carbocycles. The summed E-state index contributed by atoms with van der Waals surface area (Å²) in [5.74, 6) is 0. The van der Waals surface area contributed by atoms with E-state index in [0.29, 0.717) is 0 Å². The molecule has 0 unspecified atom stereocenters. The molecule has 1 aromatic rings. The standard InChI is InChI=1S/C14H22N2/c1-15-10-9-14-8-5-11-16(14)12-13-6-3-2-4-7-13/h2-4,6-7,14-15H,5,8-12H2,1H3/t14-/m0/s1. The van der Waals surface area contributed by atoms with Crippen LogP contribution in [0.5, 0.6) is 0 Å². The Morgan fingerprint density at radius 3 is 2.88 bits per heavy atom. The summed E-state index contributed by atoms with van der Waals surface area (Å²) in [5.41, 5.74) is 1.44. The van der Waals surface area contributed by atoms with Gasteiger partial charge in [0.05, 0.1) is 0 Å². The van der Waals surface area contributed by atoms with E-state index in [-0.39, 0.29) is 0 Å². The van der Waals surface area contributed by atoms with Gasteiger partial charge in [-0.2, -0.15) is 0 Å². The third kappa shape index (κ3) is 3.06. The molecule has 1 heterocycles. The van der Waals surface area contributed by atoms with Crippen molar-refractivity contribution in [1.82, 2.24) is 10.2 Å². The minimum Gasteiger partial charge on any atom is -0.320 e. The van der Waals surface area contributed by atoms with E-state index in [4.69, 9.17) is 0 Å². The molecule has 0 saturated carbocycles. The average Bonchev–Trinajstić information content (AvgIpc) is 2.75. The van der Waals surface area contributed by atoms with Crippen LogP contribution in [-0.4, -0.2) is 31.1 Å². The van der Waals surface area contributed by atoms with Crippen molar-refractivity contribution in [3.63, 3.8) is 0 Å². The van der Waals surface area contributed by atoms with Crippen LogP contribution in [-0.2, 0) is 6.54 Å². The Hall–Kier alpha value is -0.860. The number of hydrogen-bond acceptors (Lipinski definition) is 2. The van der Waals surface area contributed by atoms with Crippen molar-refractivity contribution in [1.29, 1.82) is 0 Å². The van der Waals surface area contributed by atoms with Crippen LogP contribution in [0.15, 0.2) is 30.3 Å². The van der Waals surface area contributed by atoms with Crippen LogP contribution in [0.4, 0.5) is 0 Å². The zero-order chi connectivity index (χ0) is 11.2. The molecule has 1 saturated heterocycles. The van der Waals surface area contributed by atoms with Gasteiger partial charge in [0, 0.05) is 12.6 Å². The number of benzene rings is 1. The predicted molar refractivity (Wildman–Crippen MR) is 68.4 cm³/mol. The molecule has 1 atom stereocenters. The molecule has 16 heavy (non-hydrogen) atoms. The van der Waals surface area contributed by atoms with E-state index in [1.807, 2.05) is 7.05 Å². The van der Waals surface area contributed by atoms with E-state index in [2.05, 4.69) is 40.5 Å². The van der Waals surface area contributed by atoms with Gasteiger partial charge in [0.25, 0.3) is 0 Å². The molecule has 0 aromatic heterocycles. The van der Waals surface area contributed by atoms with Gasteiger partial charge in [-0.25, -0.2) is 0 Å². The maximum absolute atomic E-state index is 3.25. The predicted octanol–water partition coefficient (Wildman–Crippen LogP) is 2.26. The number of nitrogens with zero attached hydrogens (tertiary/aromatic N) is 1. The minimum atomic E-state index is 0.785. The molecule has 2 heteroatoms. The van der Waals surface area contributed by atoms with Crippen LogP contribution < -0.4 is 5.32 Å². The van der Waals surface area contributed by atoms with E-state index in [0.717, 1.165) is 19.1 Å². The van der Waals surface area contributed by atoms with Crippen molar-refractivity contribution in [2.75, 3.05) is 20.1 Å². The molecule has 2 rings (SSSR count). The summed E-state index contributed by atoms with van der Waals surface area (Å²) in [4.78, 5) is 2.63. The molecule has 1 fully saturated rings. The number of rotatable bonds is 5. The van der Waals surface area contributed by atoms with E-state index in [1.54, 1.807) is 0 Å². The van der Waals surface area contributed by atoms with Gasteiger partial charge >= 0.3 is 0 Å². The van der Waals surface area contributed by atoms with Crippen molar-refractivity contribution in [2.45, 2.75) is 31.8 Å². The second kappa shape index (κ2) is 6.02. The smallest absolute Gasteiger partial charge is 0.0236 e. The van der Waals surface area contributed by atoms with Crippen molar-refractivity contribution in [3.8, 4) is 0 Å². The average molecular weight is 218 g/mol. The summed E-state index contributed by atoms with van der Waals surface area (Å²) < 4.78 is 0. The molecule has 1 aliphatic rings. The molecule has 2 nitrogen and oxygen atoms in total. The topological polar surface area (TPSA) is 15.3 Å². The first-order chi connectivity index (χ1) is 7.90. The quantitative estimate of drug-likeness (QED) is 0.815. The molecule has 88 valence electrons. The summed E-state index contributed by atoms with van der Waals surface area (Å²) in [6.07, 6.45) is 4.01. The molecule has 1 aliphatic heterocycles.